The van der Waals surface area contributed by atoms with Gasteiger partial charge in [0.15, 0.2) is 0 Å². The van der Waals surface area contributed by atoms with Gasteiger partial charge in [0, 0.05) is 10.7 Å². The first-order valence-electron chi connectivity index (χ1n) is 4.81. The predicted molar refractivity (Wildman–Crippen MR) is 83.7 cm³/mol. The molecule has 0 rings (SSSR count). The summed E-state index contributed by atoms with van der Waals surface area (Å²) in [5.41, 5.74) is 1.06. The molecule has 3 unspecified atom stereocenters. The first-order valence-corrected chi connectivity index (χ1v) is 8.78. The summed E-state index contributed by atoms with van der Waals surface area (Å²) in [4.78, 5) is 1.19. The zero-order valence-corrected chi connectivity index (χ0v) is 15.2. The Morgan fingerprint density at radius 2 is 2.06 bits per heavy atom. The summed E-state index contributed by atoms with van der Waals surface area (Å²) < 4.78 is 0. The van der Waals surface area contributed by atoms with E-state index in [0.717, 1.165) is 12.0 Å². The maximum absolute atomic E-state index is 9.92. The Kier molecular flexibility index (Phi) is 9.70. The van der Waals surface area contributed by atoms with Gasteiger partial charge in [-0.1, -0.05) is 47.8 Å². The van der Waals surface area contributed by atoms with Crippen molar-refractivity contribution in [3.63, 3.8) is 0 Å². The first-order chi connectivity index (χ1) is 7.38. The quantitative estimate of drug-likeness (QED) is 0.540. The molecular formula is C10H15Br3Cl2O. The highest BCUT2D eigenvalue weighted by Crippen LogP contribution is 2.28. The number of allylic oxidation sites excluding steroid dienone is 1. The normalized spacial score (nSPS) is 20.3. The third kappa shape index (κ3) is 6.05. The van der Waals surface area contributed by atoms with Crippen molar-refractivity contribution in [2.24, 2.45) is 0 Å². The lowest BCUT2D eigenvalue weighted by molar-refractivity contribution is 0.132. The van der Waals surface area contributed by atoms with Crippen LogP contribution in [-0.4, -0.2) is 32.1 Å². The minimum Gasteiger partial charge on any atom is -0.391 e. The lowest BCUT2D eigenvalue weighted by atomic mass is 9.98. The van der Waals surface area contributed by atoms with Crippen LogP contribution in [0.5, 0.6) is 0 Å². The molecule has 0 aliphatic heterocycles. The molecular weight excluding hydrogens is 447 g/mol. The van der Waals surface area contributed by atoms with Gasteiger partial charge in [-0.15, -0.1) is 23.2 Å². The van der Waals surface area contributed by atoms with Crippen LogP contribution in [0.3, 0.4) is 0 Å². The number of rotatable bonds is 7. The van der Waals surface area contributed by atoms with Crippen LogP contribution >= 0.6 is 71.0 Å². The van der Waals surface area contributed by atoms with Crippen molar-refractivity contribution in [3.05, 3.63) is 10.6 Å². The lowest BCUT2D eigenvalue weighted by Crippen LogP contribution is -2.35. The Morgan fingerprint density at radius 1 is 1.50 bits per heavy atom. The van der Waals surface area contributed by atoms with E-state index < -0.39 is 11.0 Å². The van der Waals surface area contributed by atoms with Gasteiger partial charge in [-0.3, -0.25) is 0 Å². The molecule has 0 fully saturated rings. The van der Waals surface area contributed by atoms with E-state index in [1.165, 1.54) is 0 Å². The van der Waals surface area contributed by atoms with Gasteiger partial charge in [-0.2, -0.15) is 0 Å². The second-order valence-corrected chi connectivity index (χ2v) is 6.83. The Balaban J connectivity index is 4.23. The Hall–Kier alpha value is 1.72. The number of halogens is 5. The van der Waals surface area contributed by atoms with Crippen LogP contribution in [0.4, 0.5) is 0 Å². The minimum atomic E-state index is -0.631. The van der Waals surface area contributed by atoms with Crippen LogP contribution in [0.1, 0.15) is 19.8 Å². The van der Waals surface area contributed by atoms with E-state index in [1.807, 2.05) is 11.9 Å². The highest BCUT2D eigenvalue weighted by molar-refractivity contribution is 9.11. The van der Waals surface area contributed by atoms with Crippen LogP contribution in [0.25, 0.3) is 0 Å². The predicted octanol–water partition coefficient (Wildman–Crippen LogP) is 4.80. The van der Waals surface area contributed by atoms with Crippen LogP contribution in [0.2, 0.25) is 0 Å². The number of hydrogen-bond acceptors (Lipinski definition) is 1. The largest absolute Gasteiger partial charge is 0.391 e. The molecule has 0 saturated carbocycles. The van der Waals surface area contributed by atoms with E-state index in [4.69, 9.17) is 23.2 Å². The Labute approximate surface area is 132 Å². The molecule has 0 aromatic carbocycles. The van der Waals surface area contributed by atoms with Gasteiger partial charge >= 0.3 is 0 Å². The summed E-state index contributed by atoms with van der Waals surface area (Å²) in [6, 6.07) is 0. The van der Waals surface area contributed by atoms with Crippen molar-refractivity contribution >= 4 is 71.0 Å². The molecule has 0 aliphatic carbocycles. The smallest absolute Gasteiger partial charge is 0.0773 e. The van der Waals surface area contributed by atoms with E-state index in [9.17, 15) is 5.11 Å². The van der Waals surface area contributed by atoms with Crippen LogP contribution in [0, 0.1) is 0 Å². The molecule has 1 N–H and O–H groups in total. The van der Waals surface area contributed by atoms with Gasteiger partial charge in [-0.05, 0) is 30.3 Å². The molecule has 3 atom stereocenters. The topological polar surface area (TPSA) is 20.2 Å². The summed E-state index contributed by atoms with van der Waals surface area (Å²) in [5.74, 6) is 0. The van der Waals surface area contributed by atoms with Crippen LogP contribution in [0.15, 0.2) is 10.6 Å². The zero-order chi connectivity index (χ0) is 12.8. The standard InChI is InChI=1S/C10H15Br3Cl2O/c1-10(15,6-13)9(16)3-2-7(4-11)8(14)5-12/h4,8-9,16H,2-3,5-6H2,1H3. The third-order valence-corrected chi connectivity index (χ3v) is 6.26. The van der Waals surface area contributed by atoms with E-state index in [-0.39, 0.29) is 5.38 Å². The fourth-order valence-electron chi connectivity index (χ4n) is 1.07. The number of hydrogen-bond donors (Lipinski definition) is 1. The van der Waals surface area contributed by atoms with Crippen molar-refractivity contribution in [1.29, 1.82) is 0 Å². The molecule has 0 aromatic rings. The summed E-state index contributed by atoms with van der Waals surface area (Å²) in [6.45, 7) is 1.81. The summed E-state index contributed by atoms with van der Waals surface area (Å²) in [7, 11) is 0. The van der Waals surface area contributed by atoms with Crippen molar-refractivity contribution in [1.82, 2.24) is 0 Å². The first kappa shape index (κ1) is 17.7. The molecule has 0 heterocycles. The van der Waals surface area contributed by atoms with Gasteiger partial charge in [0.05, 0.1) is 16.4 Å². The molecule has 0 amide bonds. The van der Waals surface area contributed by atoms with Gasteiger partial charge in [-0.25, -0.2) is 0 Å². The monoisotopic (exact) mass is 458 g/mol. The fourth-order valence-corrected chi connectivity index (χ4v) is 2.84. The number of alkyl halides is 4. The number of aliphatic hydroxyl groups excluding tert-OH is 1. The van der Waals surface area contributed by atoms with Gasteiger partial charge < -0.3 is 5.11 Å². The molecule has 0 saturated heterocycles. The lowest BCUT2D eigenvalue weighted by Gasteiger charge is -2.26. The SMILES string of the molecule is CC(Cl)(CBr)C(O)CCC(=CBr)C(Cl)CBr. The summed E-state index contributed by atoms with van der Waals surface area (Å²) in [5, 5.41) is 11.1. The minimum absolute atomic E-state index is 0.0582. The van der Waals surface area contributed by atoms with Crippen molar-refractivity contribution in [3.8, 4) is 0 Å². The average molecular weight is 462 g/mol. The molecule has 0 aromatic heterocycles. The van der Waals surface area contributed by atoms with E-state index in [0.29, 0.717) is 17.1 Å². The molecule has 0 aliphatic rings. The highest BCUT2D eigenvalue weighted by Gasteiger charge is 2.29. The average Bonchev–Trinajstić information content (AvgIpc) is 2.28. The summed E-state index contributed by atoms with van der Waals surface area (Å²) >= 11 is 22.1. The van der Waals surface area contributed by atoms with E-state index >= 15 is 0 Å². The Bertz CT molecular complexity index is 234. The second kappa shape index (κ2) is 8.76. The molecule has 0 bridgehead atoms. The Morgan fingerprint density at radius 3 is 2.44 bits per heavy atom. The fraction of sp³-hybridized carbons (Fsp3) is 0.800. The van der Waals surface area contributed by atoms with Crippen molar-refractivity contribution in [2.75, 3.05) is 10.7 Å². The van der Waals surface area contributed by atoms with Crippen LogP contribution < -0.4 is 0 Å². The molecule has 0 spiro atoms. The molecule has 96 valence electrons. The summed E-state index contributed by atoms with van der Waals surface area (Å²) in [6.07, 6.45) is 0.760. The maximum atomic E-state index is 9.92. The zero-order valence-electron chi connectivity index (χ0n) is 8.90. The van der Waals surface area contributed by atoms with Gasteiger partial charge in [0.25, 0.3) is 0 Å². The van der Waals surface area contributed by atoms with E-state index in [1.54, 1.807) is 0 Å². The van der Waals surface area contributed by atoms with Crippen LogP contribution in [-0.2, 0) is 0 Å². The van der Waals surface area contributed by atoms with E-state index in [2.05, 4.69) is 47.8 Å². The third-order valence-electron chi connectivity index (χ3n) is 2.34. The van der Waals surface area contributed by atoms with Gasteiger partial charge in [0.2, 0.25) is 0 Å². The molecule has 16 heavy (non-hydrogen) atoms. The maximum Gasteiger partial charge on any atom is 0.0773 e. The second-order valence-electron chi connectivity index (χ2n) is 3.77. The molecule has 1 nitrogen and oxygen atoms in total. The number of aliphatic hydroxyl groups is 1. The highest BCUT2D eigenvalue weighted by atomic mass is 79.9. The van der Waals surface area contributed by atoms with Crippen molar-refractivity contribution in [2.45, 2.75) is 36.1 Å². The van der Waals surface area contributed by atoms with Crippen molar-refractivity contribution < 1.29 is 5.11 Å². The molecule has 6 heteroatoms. The van der Waals surface area contributed by atoms with Gasteiger partial charge in [0.1, 0.15) is 0 Å². The molecule has 0 radical (unpaired) electrons.